The third-order valence-electron chi connectivity index (χ3n) is 10.8. The van der Waals surface area contributed by atoms with Gasteiger partial charge in [0.05, 0.1) is 19.3 Å². The van der Waals surface area contributed by atoms with Crippen molar-refractivity contribution in [3.63, 3.8) is 0 Å². The van der Waals surface area contributed by atoms with Crippen LogP contribution in [0.15, 0.2) is 24.4 Å². The van der Waals surface area contributed by atoms with E-state index in [1.165, 1.54) is 51.4 Å². The highest BCUT2D eigenvalue weighted by Crippen LogP contribution is 2.30. The van der Waals surface area contributed by atoms with Crippen molar-refractivity contribution in [2.24, 2.45) is 0 Å². The van der Waals surface area contributed by atoms with Gasteiger partial charge < -0.3 is 70.1 Å². The molecule has 15 nitrogen and oxygen atoms in total. The first-order valence-electron chi connectivity index (χ1n) is 20.4. The molecule has 1 aromatic carbocycles. The first-order chi connectivity index (χ1) is 26.5. The summed E-state index contributed by atoms with van der Waals surface area (Å²) in [7, 11) is 0. The number of aliphatic hydroxyl groups excluding tert-OH is 8. The van der Waals surface area contributed by atoms with Crippen molar-refractivity contribution in [2.45, 2.75) is 177 Å². The number of aromatic nitrogens is 1. The highest BCUT2D eigenvalue weighted by molar-refractivity contribution is 5.84. The lowest BCUT2D eigenvalue weighted by atomic mass is 9.98. The van der Waals surface area contributed by atoms with Crippen LogP contribution in [0.3, 0.4) is 0 Å². The number of fused-ring (bicyclic) bond motifs is 1. The van der Waals surface area contributed by atoms with Crippen molar-refractivity contribution in [3.05, 3.63) is 30.0 Å². The topological polar surface area (TPSA) is 244 Å². The molecule has 1 aromatic heterocycles. The molecule has 2 aromatic rings. The Bertz CT molecular complexity index is 1380. The van der Waals surface area contributed by atoms with E-state index >= 15 is 0 Å². The number of rotatable bonds is 25. The standard InChI is InChI=1S/C40H66N2O13/c1-2-26(44)15-13-11-9-7-5-3-4-6-8-10-12-14-16-32(45)41-20-19-25-22-42-29-18-17-27(21-28(25)29)53-40-38(51)36(49)34(47)31(55-40)24-52-39-37(50)35(48)33(46)30(23-43)54-39/h17-18,21-22,26,30-31,33-40,42-44,46-51H,2-16,19-20,23-24H2,1H3,(H,41,45)/t26-,30+,31+,33+,34+,35-,36-,37+,38+,39+,40+/m0/s1. The van der Waals surface area contributed by atoms with Gasteiger partial charge in [-0.05, 0) is 49.4 Å². The van der Waals surface area contributed by atoms with E-state index in [4.69, 9.17) is 18.9 Å². The second kappa shape index (κ2) is 23.7. The zero-order valence-corrected chi connectivity index (χ0v) is 32.2. The zero-order chi connectivity index (χ0) is 39.7. The minimum atomic E-state index is -1.68. The van der Waals surface area contributed by atoms with Crippen LogP contribution in [0.4, 0.5) is 0 Å². The number of aromatic amines is 1. The number of benzene rings is 1. The van der Waals surface area contributed by atoms with Gasteiger partial charge in [-0.3, -0.25) is 4.79 Å². The van der Waals surface area contributed by atoms with Crippen LogP contribution < -0.4 is 10.1 Å². The van der Waals surface area contributed by atoms with Crippen molar-refractivity contribution in [1.29, 1.82) is 0 Å². The van der Waals surface area contributed by atoms with Crippen LogP contribution in [-0.2, 0) is 25.4 Å². The van der Waals surface area contributed by atoms with Gasteiger partial charge in [-0.15, -0.1) is 0 Å². The Morgan fingerprint density at radius 2 is 1.36 bits per heavy atom. The summed E-state index contributed by atoms with van der Waals surface area (Å²) in [6, 6.07) is 5.19. The molecule has 4 rings (SSSR count). The molecule has 3 heterocycles. The highest BCUT2D eigenvalue weighted by Gasteiger charge is 2.48. The van der Waals surface area contributed by atoms with Crippen LogP contribution in [0.5, 0.6) is 5.75 Å². The molecular weight excluding hydrogens is 716 g/mol. The lowest BCUT2D eigenvalue weighted by molar-refractivity contribution is -0.323. The number of hydrogen-bond acceptors (Lipinski definition) is 13. The molecule has 314 valence electrons. The molecule has 1 amide bonds. The first kappa shape index (κ1) is 45.3. The second-order valence-corrected chi connectivity index (χ2v) is 15.1. The highest BCUT2D eigenvalue weighted by atomic mass is 16.7. The molecule has 0 saturated carbocycles. The maximum Gasteiger partial charge on any atom is 0.229 e. The van der Waals surface area contributed by atoms with Gasteiger partial charge in [-0.1, -0.05) is 77.6 Å². The van der Waals surface area contributed by atoms with E-state index in [0.717, 1.165) is 55.0 Å². The number of ether oxygens (including phenoxy) is 4. The molecule has 0 unspecified atom stereocenters. The summed E-state index contributed by atoms with van der Waals surface area (Å²) in [5, 5.41) is 84.9. The minimum Gasteiger partial charge on any atom is -0.462 e. The third kappa shape index (κ3) is 13.9. The molecule has 2 saturated heterocycles. The van der Waals surface area contributed by atoms with E-state index < -0.39 is 74.6 Å². The van der Waals surface area contributed by atoms with Gasteiger partial charge in [0.15, 0.2) is 6.29 Å². The smallest absolute Gasteiger partial charge is 0.229 e. The number of amides is 1. The molecular formula is C40H66N2O13. The number of unbranched alkanes of at least 4 members (excludes halogenated alkanes) is 11. The molecule has 0 bridgehead atoms. The van der Waals surface area contributed by atoms with E-state index in [9.17, 15) is 45.6 Å². The largest absolute Gasteiger partial charge is 0.462 e. The van der Waals surface area contributed by atoms with Crippen LogP contribution in [0, 0.1) is 0 Å². The molecule has 10 N–H and O–H groups in total. The molecule has 2 aliphatic rings. The molecule has 0 radical (unpaired) electrons. The number of carbonyl (C=O) groups excluding carboxylic acids is 1. The second-order valence-electron chi connectivity index (χ2n) is 15.1. The van der Waals surface area contributed by atoms with E-state index in [-0.39, 0.29) is 12.0 Å². The van der Waals surface area contributed by atoms with Crippen molar-refractivity contribution in [3.8, 4) is 5.75 Å². The SMILES string of the molecule is CC[C@H](O)CCCCCCCCCCCCCCC(=O)NCCc1c[nH]c2ccc(O[C@@H]3O[C@H](CO[C@@H]4O[C@H](CO)[C@@H](O)[C@H](O)[C@H]4O)[C@@H](O)[C@H](O)[C@H]3O)cc12. The lowest BCUT2D eigenvalue weighted by Gasteiger charge is -2.42. The van der Waals surface area contributed by atoms with Gasteiger partial charge in [0.2, 0.25) is 12.2 Å². The molecule has 2 aliphatic heterocycles. The van der Waals surface area contributed by atoms with Crippen LogP contribution in [0.25, 0.3) is 10.9 Å². The quantitative estimate of drug-likeness (QED) is 0.0650. The fourth-order valence-corrected chi connectivity index (χ4v) is 7.18. The predicted octanol–water partition coefficient (Wildman–Crippen LogP) is 2.06. The number of hydrogen-bond donors (Lipinski definition) is 10. The summed E-state index contributed by atoms with van der Waals surface area (Å²) in [5.41, 5.74) is 1.78. The zero-order valence-electron chi connectivity index (χ0n) is 32.2. The summed E-state index contributed by atoms with van der Waals surface area (Å²) in [5.74, 6) is 0.344. The van der Waals surface area contributed by atoms with Gasteiger partial charge in [0, 0.05) is 30.1 Å². The van der Waals surface area contributed by atoms with E-state index in [2.05, 4.69) is 10.3 Å². The van der Waals surface area contributed by atoms with E-state index in [1.54, 1.807) is 18.2 Å². The lowest BCUT2D eigenvalue weighted by Crippen LogP contribution is -2.62. The summed E-state index contributed by atoms with van der Waals surface area (Å²) < 4.78 is 22.5. The molecule has 0 aliphatic carbocycles. The van der Waals surface area contributed by atoms with Crippen molar-refractivity contribution in [1.82, 2.24) is 10.3 Å². The van der Waals surface area contributed by atoms with Gasteiger partial charge in [-0.25, -0.2) is 0 Å². The molecule has 15 heteroatoms. The maximum absolute atomic E-state index is 12.5. The molecule has 11 atom stereocenters. The number of aliphatic hydroxyl groups is 8. The van der Waals surface area contributed by atoms with Gasteiger partial charge in [0.1, 0.15) is 54.6 Å². The summed E-state index contributed by atoms with van der Waals surface area (Å²) in [6.07, 6.45) is 3.68. The summed E-state index contributed by atoms with van der Waals surface area (Å²) >= 11 is 0. The Labute approximate surface area is 324 Å². The van der Waals surface area contributed by atoms with E-state index in [0.29, 0.717) is 25.1 Å². The summed E-state index contributed by atoms with van der Waals surface area (Å²) in [4.78, 5) is 15.7. The molecule has 2 fully saturated rings. The Balaban J connectivity index is 1.13. The Hall–Kier alpha value is -2.41. The minimum absolute atomic E-state index is 0.0299. The van der Waals surface area contributed by atoms with Crippen LogP contribution in [0.2, 0.25) is 0 Å². The molecule has 0 spiro atoms. The normalized spacial score (nSPS) is 29.0. The maximum atomic E-state index is 12.5. The van der Waals surface area contributed by atoms with Crippen LogP contribution in [0.1, 0.15) is 109 Å². The van der Waals surface area contributed by atoms with Crippen LogP contribution in [-0.4, -0.2) is 139 Å². The first-order valence-corrected chi connectivity index (χ1v) is 20.4. The number of carbonyl (C=O) groups is 1. The van der Waals surface area contributed by atoms with Crippen molar-refractivity contribution >= 4 is 16.8 Å². The van der Waals surface area contributed by atoms with Gasteiger partial charge >= 0.3 is 0 Å². The average Bonchev–Trinajstić information content (AvgIpc) is 3.59. The third-order valence-corrected chi connectivity index (χ3v) is 10.8. The molecule has 55 heavy (non-hydrogen) atoms. The van der Waals surface area contributed by atoms with Crippen molar-refractivity contribution in [2.75, 3.05) is 19.8 Å². The van der Waals surface area contributed by atoms with Crippen LogP contribution >= 0.6 is 0 Å². The van der Waals surface area contributed by atoms with Gasteiger partial charge in [0.25, 0.3) is 0 Å². The Morgan fingerprint density at radius 3 is 2.00 bits per heavy atom. The number of H-pyrrole nitrogens is 1. The average molecular weight is 783 g/mol. The predicted molar refractivity (Wildman–Crippen MR) is 203 cm³/mol. The van der Waals surface area contributed by atoms with Gasteiger partial charge in [-0.2, -0.15) is 0 Å². The van der Waals surface area contributed by atoms with Crippen molar-refractivity contribution < 1.29 is 64.6 Å². The Morgan fingerprint density at radius 1 is 0.782 bits per heavy atom. The fourth-order valence-electron chi connectivity index (χ4n) is 7.18. The van der Waals surface area contributed by atoms with E-state index in [1.807, 2.05) is 13.1 Å². The number of nitrogens with one attached hydrogen (secondary N) is 2. The Kier molecular flexibility index (Phi) is 19.5. The fraction of sp³-hybridized carbons (Fsp3) is 0.775. The monoisotopic (exact) mass is 782 g/mol. The summed E-state index contributed by atoms with van der Waals surface area (Å²) in [6.45, 7) is 1.38.